The molecule has 126 valence electrons. The third-order valence-electron chi connectivity index (χ3n) is 3.88. The zero-order valence-corrected chi connectivity index (χ0v) is 14.9. The van der Waals surface area contributed by atoms with Crippen LogP contribution in [-0.2, 0) is 9.59 Å². The molecule has 2 amide bonds. The number of halogens is 1. The average molecular weight is 383 g/mol. The Balaban J connectivity index is 1.71. The summed E-state index contributed by atoms with van der Waals surface area (Å²) in [5.41, 5.74) is 0.694. The van der Waals surface area contributed by atoms with Crippen molar-refractivity contribution in [3.63, 3.8) is 0 Å². The predicted octanol–water partition coefficient (Wildman–Crippen LogP) is 1.19. The van der Waals surface area contributed by atoms with Crippen LogP contribution in [-0.4, -0.2) is 56.0 Å². The Bertz CT molecular complexity index is 553. The summed E-state index contributed by atoms with van der Waals surface area (Å²) >= 11 is 3.37. The zero-order chi connectivity index (χ0) is 16.7. The maximum Gasteiger partial charge on any atom is 0.243 e. The number of amides is 2. The number of hydrogen-bond acceptors (Lipinski definition) is 4. The van der Waals surface area contributed by atoms with E-state index in [1.165, 1.54) is 0 Å². The number of benzene rings is 1. The monoisotopic (exact) mass is 382 g/mol. The molecule has 1 aliphatic rings. The van der Waals surface area contributed by atoms with E-state index in [0.717, 1.165) is 30.4 Å². The van der Waals surface area contributed by atoms with Crippen molar-refractivity contribution < 1.29 is 9.59 Å². The zero-order valence-electron chi connectivity index (χ0n) is 13.3. The van der Waals surface area contributed by atoms with E-state index in [4.69, 9.17) is 0 Å². The molecule has 1 aromatic rings. The van der Waals surface area contributed by atoms with Gasteiger partial charge >= 0.3 is 0 Å². The molecule has 0 radical (unpaired) electrons. The van der Waals surface area contributed by atoms with E-state index in [1.807, 2.05) is 25.2 Å². The quantitative estimate of drug-likeness (QED) is 0.690. The van der Waals surface area contributed by atoms with Crippen LogP contribution in [0.15, 0.2) is 28.7 Å². The van der Waals surface area contributed by atoms with Gasteiger partial charge < -0.3 is 16.0 Å². The lowest BCUT2D eigenvalue weighted by Crippen LogP contribution is -2.48. The van der Waals surface area contributed by atoms with Crippen LogP contribution in [0.2, 0.25) is 0 Å². The fourth-order valence-electron chi connectivity index (χ4n) is 2.63. The van der Waals surface area contributed by atoms with Crippen LogP contribution in [0.1, 0.15) is 12.8 Å². The molecule has 1 fully saturated rings. The summed E-state index contributed by atoms with van der Waals surface area (Å²) in [6.45, 7) is 2.10. The molecule has 0 aromatic heterocycles. The smallest absolute Gasteiger partial charge is 0.243 e. The van der Waals surface area contributed by atoms with Crippen molar-refractivity contribution in [2.45, 2.75) is 18.9 Å². The van der Waals surface area contributed by atoms with E-state index >= 15 is 0 Å². The molecule has 1 unspecified atom stereocenters. The number of nitrogens with one attached hydrogen (secondary N) is 3. The first-order valence-electron chi connectivity index (χ1n) is 7.79. The summed E-state index contributed by atoms with van der Waals surface area (Å²) in [6, 6.07) is 7.81. The van der Waals surface area contributed by atoms with Gasteiger partial charge in [-0.15, -0.1) is 0 Å². The molecule has 1 aliphatic heterocycles. The number of nitrogens with zero attached hydrogens (tertiary/aromatic N) is 1. The van der Waals surface area contributed by atoms with Gasteiger partial charge in [0.15, 0.2) is 0 Å². The topological polar surface area (TPSA) is 73.5 Å². The fraction of sp³-hybridized carbons (Fsp3) is 0.500. The minimum atomic E-state index is -0.239. The normalized spacial score (nSPS) is 18.4. The molecule has 6 nitrogen and oxygen atoms in total. The van der Waals surface area contributed by atoms with Gasteiger partial charge in [0.25, 0.3) is 0 Å². The van der Waals surface area contributed by atoms with Gasteiger partial charge in [-0.25, -0.2) is 0 Å². The minimum Gasteiger partial charge on any atom is -0.346 e. The molecule has 7 heteroatoms. The maximum absolute atomic E-state index is 12.0. The Morgan fingerprint density at radius 2 is 2.09 bits per heavy atom. The summed E-state index contributed by atoms with van der Waals surface area (Å²) < 4.78 is 0.811. The lowest BCUT2D eigenvalue weighted by Gasteiger charge is -2.31. The Kier molecular flexibility index (Phi) is 7.01. The molecule has 3 N–H and O–H groups in total. The molecule has 0 spiro atoms. The number of rotatable bonds is 6. The molecule has 0 saturated carbocycles. The fourth-order valence-corrected chi connectivity index (χ4v) is 3.01. The molecule has 1 atom stereocenters. The van der Waals surface area contributed by atoms with Gasteiger partial charge in [-0.05, 0) is 54.5 Å². The van der Waals surface area contributed by atoms with E-state index in [9.17, 15) is 9.59 Å². The Morgan fingerprint density at radius 3 is 2.83 bits per heavy atom. The summed E-state index contributed by atoms with van der Waals surface area (Å²) in [4.78, 5) is 26.0. The van der Waals surface area contributed by atoms with E-state index in [1.54, 1.807) is 6.07 Å². The van der Waals surface area contributed by atoms with Crippen molar-refractivity contribution in [1.29, 1.82) is 0 Å². The Hall–Kier alpha value is -1.44. The number of hydrogen-bond donors (Lipinski definition) is 3. The average Bonchev–Trinajstić information content (AvgIpc) is 2.55. The highest BCUT2D eigenvalue weighted by atomic mass is 79.9. The largest absolute Gasteiger partial charge is 0.346 e. The van der Waals surface area contributed by atoms with Crippen molar-refractivity contribution >= 4 is 33.4 Å². The number of carbonyl (C=O) groups excluding carboxylic acids is 2. The van der Waals surface area contributed by atoms with Crippen LogP contribution >= 0.6 is 15.9 Å². The van der Waals surface area contributed by atoms with E-state index < -0.39 is 0 Å². The van der Waals surface area contributed by atoms with Gasteiger partial charge in [0.1, 0.15) is 0 Å². The van der Waals surface area contributed by atoms with Gasteiger partial charge in [-0.2, -0.15) is 0 Å². The van der Waals surface area contributed by atoms with Crippen molar-refractivity contribution in [3.05, 3.63) is 28.7 Å². The molecule has 2 rings (SSSR count). The first kappa shape index (κ1) is 17.9. The second-order valence-electron chi connectivity index (χ2n) is 5.67. The molecule has 1 aromatic carbocycles. The summed E-state index contributed by atoms with van der Waals surface area (Å²) in [6.07, 6.45) is 2.23. The number of likely N-dealkylation sites (N-methyl/N-ethyl adjacent to an activating group) is 1. The summed E-state index contributed by atoms with van der Waals surface area (Å²) in [5.74, 6) is -0.360. The highest BCUT2D eigenvalue weighted by molar-refractivity contribution is 9.10. The molecule has 0 bridgehead atoms. The lowest BCUT2D eigenvalue weighted by atomic mass is 10.1. The maximum atomic E-state index is 12.0. The van der Waals surface area contributed by atoms with Crippen LogP contribution < -0.4 is 16.0 Å². The van der Waals surface area contributed by atoms with E-state index in [2.05, 4.69) is 36.8 Å². The van der Waals surface area contributed by atoms with E-state index in [-0.39, 0.29) is 18.4 Å². The SMILES string of the molecule is CNC1CCCN(CC(=O)NCC(=O)Nc2ccccc2Br)C1. The van der Waals surface area contributed by atoms with Crippen LogP contribution in [0, 0.1) is 0 Å². The van der Waals surface area contributed by atoms with E-state index in [0.29, 0.717) is 18.3 Å². The van der Waals surface area contributed by atoms with Crippen molar-refractivity contribution in [2.24, 2.45) is 0 Å². The molecule has 1 saturated heterocycles. The second kappa shape index (κ2) is 9.00. The Labute approximate surface area is 145 Å². The summed E-state index contributed by atoms with van der Waals surface area (Å²) in [5, 5.41) is 8.68. The number of anilines is 1. The highest BCUT2D eigenvalue weighted by Crippen LogP contribution is 2.20. The van der Waals surface area contributed by atoms with Crippen LogP contribution in [0.4, 0.5) is 5.69 Å². The third kappa shape index (κ3) is 5.93. The minimum absolute atomic E-state index is 0.0243. The Morgan fingerprint density at radius 1 is 1.30 bits per heavy atom. The lowest BCUT2D eigenvalue weighted by molar-refractivity contribution is -0.125. The number of likely N-dealkylation sites (tertiary alicyclic amines) is 1. The van der Waals surface area contributed by atoms with Gasteiger partial charge in [0.05, 0.1) is 18.8 Å². The number of piperidine rings is 1. The molecule has 0 aliphatic carbocycles. The van der Waals surface area contributed by atoms with Crippen molar-refractivity contribution in [1.82, 2.24) is 15.5 Å². The number of para-hydroxylation sites is 1. The molecule has 1 heterocycles. The van der Waals surface area contributed by atoms with Crippen LogP contribution in [0.5, 0.6) is 0 Å². The van der Waals surface area contributed by atoms with Crippen molar-refractivity contribution in [2.75, 3.05) is 38.5 Å². The van der Waals surface area contributed by atoms with Gasteiger partial charge in [0, 0.05) is 17.1 Å². The summed E-state index contributed by atoms with van der Waals surface area (Å²) in [7, 11) is 1.94. The van der Waals surface area contributed by atoms with Gasteiger partial charge in [-0.3, -0.25) is 14.5 Å². The first-order valence-corrected chi connectivity index (χ1v) is 8.58. The second-order valence-corrected chi connectivity index (χ2v) is 6.52. The first-order chi connectivity index (χ1) is 11.1. The van der Waals surface area contributed by atoms with Crippen LogP contribution in [0.3, 0.4) is 0 Å². The van der Waals surface area contributed by atoms with Crippen molar-refractivity contribution in [3.8, 4) is 0 Å². The van der Waals surface area contributed by atoms with Crippen LogP contribution in [0.25, 0.3) is 0 Å². The molecular formula is C16H23BrN4O2. The highest BCUT2D eigenvalue weighted by Gasteiger charge is 2.20. The standard InChI is InChI=1S/C16H23BrN4O2/c1-18-12-5-4-8-21(10-12)11-16(23)19-9-15(22)20-14-7-3-2-6-13(14)17/h2-3,6-7,12,18H,4-5,8-11H2,1H3,(H,19,23)(H,20,22). The molecular weight excluding hydrogens is 360 g/mol. The van der Waals surface area contributed by atoms with Gasteiger partial charge in [-0.1, -0.05) is 12.1 Å². The molecule has 23 heavy (non-hydrogen) atoms. The van der Waals surface area contributed by atoms with Gasteiger partial charge in [0.2, 0.25) is 11.8 Å². The predicted molar refractivity (Wildman–Crippen MR) is 94.3 cm³/mol. The number of carbonyl (C=O) groups is 2. The third-order valence-corrected chi connectivity index (χ3v) is 4.57.